The summed E-state index contributed by atoms with van der Waals surface area (Å²) in [6.07, 6.45) is 0.658. The first-order chi connectivity index (χ1) is 7.52. The average molecular weight is 309 g/mol. The molecule has 1 aromatic rings. The molecule has 0 unspecified atom stereocenters. The number of hydrogen-bond acceptors (Lipinski definition) is 1. The molecule has 0 radical (unpaired) electrons. The minimum Gasteiger partial charge on any atom is -0.316 e. The lowest BCUT2D eigenvalue weighted by Gasteiger charge is -2.09. The van der Waals surface area contributed by atoms with Crippen LogP contribution in [0.15, 0.2) is 16.6 Å². The van der Waals surface area contributed by atoms with Gasteiger partial charge in [0.2, 0.25) is 0 Å². The van der Waals surface area contributed by atoms with E-state index >= 15 is 0 Å². The van der Waals surface area contributed by atoms with Crippen molar-refractivity contribution in [2.45, 2.75) is 20.3 Å². The van der Waals surface area contributed by atoms with E-state index in [1.54, 1.807) is 12.1 Å². The first-order valence-corrected chi connectivity index (χ1v) is 6.52. The van der Waals surface area contributed by atoms with E-state index in [2.05, 4.69) is 35.1 Å². The average Bonchev–Trinajstić information content (AvgIpc) is 2.23. The standard InChI is InChI=1S/C12H16BrClFN/c1-8(2)7-16-6-5-9-3-4-10(13)11(14)12(9)15/h3-4,8,16H,5-7H2,1-2H3. The van der Waals surface area contributed by atoms with Crippen LogP contribution >= 0.6 is 27.5 Å². The van der Waals surface area contributed by atoms with Crippen molar-refractivity contribution in [2.24, 2.45) is 5.92 Å². The van der Waals surface area contributed by atoms with E-state index in [1.165, 1.54) is 0 Å². The second-order valence-electron chi connectivity index (χ2n) is 4.18. The molecule has 1 aromatic carbocycles. The molecule has 0 bridgehead atoms. The summed E-state index contributed by atoms with van der Waals surface area (Å²) in [5.41, 5.74) is 0.657. The smallest absolute Gasteiger partial charge is 0.146 e. The Kier molecular flexibility index (Phi) is 5.73. The number of benzene rings is 1. The summed E-state index contributed by atoms with van der Waals surface area (Å²) in [5, 5.41) is 3.44. The maximum Gasteiger partial charge on any atom is 0.146 e. The van der Waals surface area contributed by atoms with Gasteiger partial charge in [0.05, 0.1) is 5.02 Å². The van der Waals surface area contributed by atoms with Crippen molar-refractivity contribution in [3.05, 3.63) is 33.0 Å². The Morgan fingerprint density at radius 2 is 2.12 bits per heavy atom. The Morgan fingerprint density at radius 1 is 1.44 bits per heavy atom. The zero-order valence-electron chi connectivity index (χ0n) is 9.49. The minimum atomic E-state index is -0.317. The van der Waals surface area contributed by atoms with E-state index in [4.69, 9.17) is 11.6 Å². The summed E-state index contributed by atoms with van der Waals surface area (Å²) in [5.74, 6) is 0.292. The van der Waals surface area contributed by atoms with Crippen LogP contribution in [0.25, 0.3) is 0 Å². The van der Waals surface area contributed by atoms with E-state index in [-0.39, 0.29) is 10.8 Å². The van der Waals surface area contributed by atoms with Crippen molar-refractivity contribution in [3.8, 4) is 0 Å². The van der Waals surface area contributed by atoms with Gasteiger partial charge in [0.25, 0.3) is 0 Å². The number of halogens is 3. The van der Waals surface area contributed by atoms with E-state index in [9.17, 15) is 4.39 Å². The largest absolute Gasteiger partial charge is 0.316 e. The quantitative estimate of drug-likeness (QED) is 0.640. The number of rotatable bonds is 5. The zero-order valence-corrected chi connectivity index (χ0v) is 11.8. The van der Waals surface area contributed by atoms with Gasteiger partial charge in [-0.1, -0.05) is 31.5 Å². The highest BCUT2D eigenvalue weighted by atomic mass is 79.9. The molecule has 0 heterocycles. The summed E-state index contributed by atoms with van der Waals surface area (Å²) >= 11 is 9.00. The monoisotopic (exact) mass is 307 g/mol. The van der Waals surface area contributed by atoms with Crippen LogP contribution in [0.2, 0.25) is 5.02 Å². The van der Waals surface area contributed by atoms with Gasteiger partial charge >= 0.3 is 0 Å². The third-order valence-electron chi connectivity index (χ3n) is 2.24. The maximum absolute atomic E-state index is 13.7. The van der Waals surface area contributed by atoms with Crippen LogP contribution < -0.4 is 5.32 Å². The van der Waals surface area contributed by atoms with Gasteiger partial charge in [0.15, 0.2) is 0 Å². The fourth-order valence-electron chi connectivity index (χ4n) is 1.37. The molecule has 0 aliphatic rings. The Balaban J connectivity index is 2.52. The Morgan fingerprint density at radius 3 is 2.75 bits per heavy atom. The molecule has 0 fully saturated rings. The third kappa shape index (κ3) is 4.04. The van der Waals surface area contributed by atoms with Crippen LogP contribution in [-0.2, 0) is 6.42 Å². The van der Waals surface area contributed by atoms with E-state index in [1.807, 2.05) is 0 Å². The molecule has 1 rings (SSSR count). The number of hydrogen-bond donors (Lipinski definition) is 1. The molecule has 0 spiro atoms. The van der Waals surface area contributed by atoms with Crippen molar-refractivity contribution in [1.29, 1.82) is 0 Å². The van der Waals surface area contributed by atoms with Crippen LogP contribution in [-0.4, -0.2) is 13.1 Å². The Bertz CT molecular complexity index is 355. The molecule has 0 saturated heterocycles. The normalized spacial score (nSPS) is 11.1. The minimum absolute atomic E-state index is 0.168. The fraction of sp³-hybridized carbons (Fsp3) is 0.500. The van der Waals surface area contributed by atoms with Crippen LogP contribution in [0.3, 0.4) is 0 Å². The lowest BCUT2D eigenvalue weighted by atomic mass is 10.1. The Hall–Kier alpha value is -0.120. The molecule has 0 aliphatic heterocycles. The van der Waals surface area contributed by atoms with Gasteiger partial charge in [0.1, 0.15) is 5.82 Å². The molecule has 90 valence electrons. The van der Waals surface area contributed by atoms with Crippen molar-refractivity contribution < 1.29 is 4.39 Å². The molecule has 16 heavy (non-hydrogen) atoms. The van der Waals surface area contributed by atoms with Crippen molar-refractivity contribution in [2.75, 3.05) is 13.1 Å². The topological polar surface area (TPSA) is 12.0 Å². The van der Waals surface area contributed by atoms with Gasteiger partial charge in [-0.2, -0.15) is 0 Å². The van der Waals surface area contributed by atoms with E-state index < -0.39 is 0 Å². The molecular formula is C12H16BrClFN. The van der Waals surface area contributed by atoms with Crippen molar-refractivity contribution >= 4 is 27.5 Å². The van der Waals surface area contributed by atoms with E-state index in [0.29, 0.717) is 22.4 Å². The molecule has 1 N–H and O–H groups in total. The maximum atomic E-state index is 13.7. The van der Waals surface area contributed by atoms with Gasteiger partial charge in [-0.25, -0.2) is 4.39 Å². The first-order valence-electron chi connectivity index (χ1n) is 5.35. The summed E-state index contributed by atoms with van der Waals surface area (Å²) in [6, 6.07) is 3.55. The van der Waals surface area contributed by atoms with Gasteiger partial charge < -0.3 is 5.32 Å². The predicted octanol–water partition coefficient (Wildman–Crippen LogP) is 4.03. The zero-order chi connectivity index (χ0) is 12.1. The van der Waals surface area contributed by atoms with Crippen LogP contribution in [0.4, 0.5) is 4.39 Å². The Labute approximate surface area is 110 Å². The van der Waals surface area contributed by atoms with Gasteiger partial charge in [-0.3, -0.25) is 0 Å². The fourth-order valence-corrected chi connectivity index (χ4v) is 1.86. The second kappa shape index (κ2) is 6.58. The molecular weight excluding hydrogens is 292 g/mol. The lowest BCUT2D eigenvalue weighted by Crippen LogP contribution is -2.22. The molecule has 1 nitrogen and oxygen atoms in total. The summed E-state index contributed by atoms with van der Waals surface area (Å²) in [6.45, 7) is 6.01. The highest BCUT2D eigenvalue weighted by molar-refractivity contribution is 9.10. The highest BCUT2D eigenvalue weighted by Crippen LogP contribution is 2.27. The summed E-state index contributed by atoms with van der Waals surface area (Å²) in [7, 11) is 0. The predicted molar refractivity (Wildman–Crippen MR) is 70.5 cm³/mol. The molecule has 0 aliphatic carbocycles. The van der Waals surface area contributed by atoms with Gasteiger partial charge in [-0.05, 0) is 53.0 Å². The third-order valence-corrected chi connectivity index (χ3v) is 3.50. The lowest BCUT2D eigenvalue weighted by molar-refractivity contribution is 0.546. The molecule has 0 amide bonds. The highest BCUT2D eigenvalue weighted by Gasteiger charge is 2.09. The molecule has 0 saturated carbocycles. The second-order valence-corrected chi connectivity index (χ2v) is 5.41. The van der Waals surface area contributed by atoms with Crippen LogP contribution in [0, 0.1) is 11.7 Å². The molecule has 0 atom stereocenters. The van der Waals surface area contributed by atoms with Gasteiger partial charge in [0, 0.05) is 4.47 Å². The number of nitrogens with one attached hydrogen (secondary N) is 1. The molecule has 4 heteroatoms. The van der Waals surface area contributed by atoms with Crippen LogP contribution in [0.1, 0.15) is 19.4 Å². The SMILES string of the molecule is CC(C)CNCCc1ccc(Br)c(Cl)c1F. The van der Waals surface area contributed by atoms with Crippen molar-refractivity contribution in [3.63, 3.8) is 0 Å². The summed E-state index contributed by atoms with van der Waals surface area (Å²) < 4.78 is 14.3. The summed E-state index contributed by atoms with van der Waals surface area (Å²) in [4.78, 5) is 0. The van der Waals surface area contributed by atoms with Crippen LogP contribution in [0.5, 0.6) is 0 Å². The van der Waals surface area contributed by atoms with Crippen molar-refractivity contribution in [1.82, 2.24) is 5.32 Å². The van der Waals surface area contributed by atoms with Gasteiger partial charge in [-0.15, -0.1) is 0 Å². The first kappa shape index (κ1) is 13.9. The van der Waals surface area contributed by atoms with E-state index in [0.717, 1.165) is 13.1 Å². The molecule has 0 aromatic heterocycles.